The van der Waals surface area contributed by atoms with Crippen LogP contribution in [0.1, 0.15) is 73.6 Å². The van der Waals surface area contributed by atoms with Crippen LogP contribution in [-0.4, -0.2) is 30.3 Å². The summed E-state index contributed by atoms with van der Waals surface area (Å²) in [4.78, 5) is 12.0. The van der Waals surface area contributed by atoms with E-state index in [0.717, 1.165) is 19.4 Å². The van der Waals surface area contributed by atoms with Crippen LogP contribution in [0.25, 0.3) is 0 Å². The van der Waals surface area contributed by atoms with Crippen molar-refractivity contribution in [3.05, 3.63) is 0 Å². The van der Waals surface area contributed by atoms with Gasteiger partial charge in [-0.2, -0.15) is 0 Å². The predicted molar refractivity (Wildman–Crippen MR) is 87.5 cm³/mol. The van der Waals surface area contributed by atoms with Crippen molar-refractivity contribution in [3.63, 3.8) is 0 Å². The molecule has 124 valence electrons. The summed E-state index contributed by atoms with van der Waals surface area (Å²) in [6.07, 6.45) is 5.51. The Balaban J connectivity index is 2.58. The molecule has 0 aliphatic heterocycles. The summed E-state index contributed by atoms with van der Waals surface area (Å²) in [5.74, 6) is 0. The minimum Gasteiger partial charge on any atom is -0.444 e. The molecular weight excluding hydrogens is 264 g/mol. The van der Waals surface area contributed by atoms with E-state index in [1.165, 1.54) is 19.3 Å². The van der Waals surface area contributed by atoms with Crippen LogP contribution in [-0.2, 0) is 4.74 Å². The van der Waals surface area contributed by atoms with Crippen molar-refractivity contribution in [2.24, 2.45) is 5.41 Å². The Hall–Kier alpha value is -0.770. The van der Waals surface area contributed by atoms with Gasteiger partial charge in [-0.3, -0.25) is 0 Å². The molecule has 1 aliphatic carbocycles. The van der Waals surface area contributed by atoms with E-state index in [9.17, 15) is 4.79 Å². The van der Waals surface area contributed by atoms with Gasteiger partial charge in [0.1, 0.15) is 5.60 Å². The maximum atomic E-state index is 12.0. The molecule has 0 aromatic heterocycles. The Labute approximate surface area is 130 Å². The summed E-state index contributed by atoms with van der Waals surface area (Å²) in [6.45, 7) is 13.3. The third-order valence-corrected chi connectivity index (χ3v) is 3.61. The molecule has 1 amide bonds. The molecule has 1 fully saturated rings. The molecule has 2 unspecified atom stereocenters. The Bertz CT molecular complexity index is 329. The first-order chi connectivity index (χ1) is 9.57. The zero-order chi connectivity index (χ0) is 16.1. The van der Waals surface area contributed by atoms with Crippen molar-refractivity contribution in [1.29, 1.82) is 0 Å². The van der Waals surface area contributed by atoms with Gasteiger partial charge >= 0.3 is 6.09 Å². The number of amides is 1. The van der Waals surface area contributed by atoms with Crippen molar-refractivity contribution in [3.8, 4) is 0 Å². The molecular formula is C17H34N2O2. The molecule has 4 nitrogen and oxygen atoms in total. The van der Waals surface area contributed by atoms with Crippen LogP contribution in [0.3, 0.4) is 0 Å². The van der Waals surface area contributed by atoms with Gasteiger partial charge in [0.15, 0.2) is 0 Å². The summed E-state index contributed by atoms with van der Waals surface area (Å²) in [5, 5.41) is 6.73. The first-order valence-corrected chi connectivity index (χ1v) is 8.30. The van der Waals surface area contributed by atoms with Crippen molar-refractivity contribution in [2.75, 3.05) is 6.54 Å². The van der Waals surface area contributed by atoms with Crippen molar-refractivity contribution < 1.29 is 9.53 Å². The highest BCUT2D eigenvalue weighted by molar-refractivity contribution is 5.68. The molecule has 1 saturated carbocycles. The Morgan fingerprint density at radius 2 is 1.57 bits per heavy atom. The summed E-state index contributed by atoms with van der Waals surface area (Å²) >= 11 is 0. The fourth-order valence-corrected chi connectivity index (χ4v) is 2.62. The van der Waals surface area contributed by atoms with Gasteiger partial charge in [0.05, 0.1) is 0 Å². The first-order valence-electron chi connectivity index (χ1n) is 8.30. The lowest BCUT2D eigenvalue weighted by atomic mass is 9.95. The highest BCUT2D eigenvalue weighted by Gasteiger charge is 2.27. The monoisotopic (exact) mass is 298 g/mol. The Morgan fingerprint density at radius 1 is 1.00 bits per heavy atom. The number of hydrogen-bond acceptors (Lipinski definition) is 3. The third-order valence-electron chi connectivity index (χ3n) is 3.61. The zero-order valence-corrected chi connectivity index (χ0v) is 14.7. The molecule has 0 spiro atoms. The molecule has 0 aromatic carbocycles. The van der Waals surface area contributed by atoms with Gasteiger partial charge < -0.3 is 15.4 Å². The van der Waals surface area contributed by atoms with Crippen LogP contribution in [0.4, 0.5) is 4.79 Å². The minimum absolute atomic E-state index is 0.171. The molecule has 21 heavy (non-hydrogen) atoms. The molecule has 2 atom stereocenters. The van der Waals surface area contributed by atoms with Gasteiger partial charge in [-0.05, 0) is 39.0 Å². The fraction of sp³-hybridized carbons (Fsp3) is 0.941. The van der Waals surface area contributed by atoms with E-state index in [4.69, 9.17) is 4.74 Å². The van der Waals surface area contributed by atoms with Crippen molar-refractivity contribution >= 4 is 6.09 Å². The van der Waals surface area contributed by atoms with Gasteiger partial charge in [0.25, 0.3) is 0 Å². The lowest BCUT2D eigenvalue weighted by molar-refractivity contribution is 0.0488. The fourth-order valence-electron chi connectivity index (χ4n) is 2.62. The smallest absolute Gasteiger partial charge is 0.407 e. The number of carbonyl (C=O) groups is 1. The van der Waals surface area contributed by atoms with E-state index in [1.807, 2.05) is 20.8 Å². The van der Waals surface area contributed by atoms with Gasteiger partial charge in [-0.15, -0.1) is 0 Å². The average Bonchev–Trinajstić information content (AvgIpc) is 2.48. The molecule has 4 heteroatoms. The lowest BCUT2D eigenvalue weighted by Crippen LogP contribution is -2.51. The number of carbonyl (C=O) groups excluding carboxylic acids is 1. The van der Waals surface area contributed by atoms with Crippen LogP contribution in [0.5, 0.6) is 0 Å². The van der Waals surface area contributed by atoms with E-state index in [2.05, 4.69) is 31.4 Å². The van der Waals surface area contributed by atoms with Gasteiger partial charge in [-0.25, -0.2) is 4.79 Å². The van der Waals surface area contributed by atoms with Gasteiger partial charge in [0, 0.05) is 18.6 Å². The number of hydrogen-bond donors (Lipinski definition) is 2. The lowest BCUT2D eigenvalue weighted by Gasteiger charge is -2.31. The minimum atomic E-state index is -0.441. The number of nitrogens with one attached hydrogen (secondary N) is 2. The number of alkyl carbamates (subject to hydrolysis) is 1. The summed E-state index contributed by atoms with van der Waals surface area (Å²) in [7, 11) is 0. The molecule has 0 saturated heterocycles. The van der Waals surface area contributed by atoms with E-state index in [-0.39, 0.29) is 17.6 Å². The van der Waals surface area contributed by atoms with Crippen molar-refractivity contribution in [2.45, 2.75) is 91.3 Å². The normalized spacial score (nSPS) is 24.3. The molecule has 0 heterocycles. The molecule has 0 aromatic rings. The van der Waals surface area contributed by atoms with E-state index in [1.54, 1.807) is 0 Å². The largest absolute Gasteiger partial charge is 0.444 e. The summed E-state index contributed by atoms with van der Waals surface area (Å²) in [5.41, 5.74) is -0.189. The highest BCUT2D eigenvalue weighted by atomic mass is 16.6. The van der Waals surface area contributed by atoms with Crippen LogP contribution in [0, 0.1) is 5.41 Å². The predicted octanol–water partition coefficient (Wildman–Crippen LogP) is 3.85. The second-order valence-electron chi connectivity index (χ2n) is 8.44. The van der Waals surface area contributed by atoms with E-state index >= 15 is 0 Å². The summed E-state index contributed by atoms with van der Waals surface area (Å²) in [6, 6.07) is 0.518. The maximum Gasteiger partial charge on any atom is 0.407 e. The SMILES string of the molecule is CC(C)(C)CNC1CCCCCC1NC(=O)OC(C)(C)C. The molecule has 0 bridgehead atoms. The Morgan fingerprint density at radius 3 is 2.10 bits per heavy atom. The van der Waals surface area contributed by atoms with Crippen LogP contribution >= 0.6 is 0 Å². The molecule has 2 N–H and O–H groups in total. The average molecular weight is 298 g/mol. The van der Waals surface area contributed by atoms with E-state index < -0.39 is 5.60 Å². The Kier molecular flexibility index (Phi) is 6.51. The van der Waals surface area contributed by atoms with Gasteiger partial charge in [-0.1, -0.05) is 40.0 Å². The van der Waals surface area contributed by atoms with Gasteiger partial charge in [0.2, 0.25) is 0 Å². The second-order valence-corrected chi connectivity index (χ2v) is 8.44. The number of ether oxygens (including phenoxy) is 1. The quantitative estimate of drug-likeness (QED) is 0.778. The molecule has 1 aliphatic rings. The van der Waals surface area contributed by atoms with E-state index in [0.29, 0.717) is 6.04 Å². The third kappa shape index (κ3) is 8.30. The number of rotatable bonds is 3. The zero-order valence-electron chi connectivity index (χ0n) is 14.7. The van der Waals surface area contributed by atoms with Crippen LogP contribution in [0.2, 0.25) is 0 Å². The highest BCUT2D eigenvalue weighted by Crippen LogP contribution is 2.20. The maximum absolute atomic E-state index is 12.0. The molecule has 1 rings (SSSR count). The topological polar surface area (TPSA) is 50.4 Å². The molecule has 0 radical (unpaired) electrons. The standard InChI is InChI=1S/C17H34N2O2/c1-16(2,3)12-18-13-10-8-7-9-11-14(13)19-15(20)21-17(4,5)6/h13-14,18H,7-12H2,1-6H3,(H,19,20). The summed E-state index contributed by atoms with van der Waals surface area (Å²) < 4.78 is 5.40. The van der Waals surface area contributed by atoms with Crippen LogP contribution in [0.15, 0.2) is 0 Å². The first kappa shape index (κ1) is 18.3. The van der Waals surface area contributed by atoms with Crippen molar-refractivity contribution in [1.82, 2.24) is 10.6 Å². The second kappa shape index (κ2) is 7.48. The van der Waals surface area contributed by atoms with Crippen LogP contribution < -0.4 is 10.6 Å².